The maximum atomic E-state index is 11.8. The van der Waals surface area contributed by atoms with Gasteiger partial charge in [-0.3, -0.25) is 9.79 Å². The molecular formula is C19H30IN3O3. The predicted octanol–water partition coefficient (Wildman–Crippen LogP) is 2.48. The summed E-state index contributed by atoms with van der Waals surface area (Å²) in [4.78, 5) is 18.3. The van der Waals surface area contributed by atoms with Crippen molar-refractivity contribution in [1.82, 2.24) is 10.2 Å². The van der Waals surface area contributed by atoms with Gasteiger partial charge < -0.3 is 19.7 Å². The van der Waals surface area contributed by atoms with Gasteiger partial charge in [-0.05, 0) is 36.5 Å². The van der Waals surface area contributed by atoms with Gasteiger partial charge in [-0.2, -0.15) is 0 Å². The SMILES string of the molecule is CN=C(NCCc1ccc(C)c(OC)c1)N1CC(C)C(C(=O)OC)C1.I. The van der Waals surface area contributed by atoms with Crippen LogP contribution in [0.4, 0.5) is 0 Å². The average molecular weight is 475 g/mol. The molecule has 0 aromatic heterocycles. The van der Waals surface area contributed by atoms with Crippen LogP contribution >= 0.6 is 24.0 Å². The summed E-state index contributed by atoms with van der Waals surface area (Å²) in [6.45, 7) is 6.33. The van der Waals surface area contributed by atoms with E-state index in [-0.39, 0.29) is 41.8 Å². The lowest BCUT2D eigenvalue weighted by Crippen LogP contribution is -2.41. The lowest BCUT2D eigenvalue weighted by atomic mass is 9.99. The Morgan fingerprint density at radius 2 is 2.08 bits per heavy atom. The Morgan fingerprint density at radius 3 is 2.69 bits per heavy atom. The summed E-state index contributed by atoms with van der Waals surface area (Å²) in [5, 5.41) is 3.39. The van der Waals surface area contributed by atoms with Crippen molar-refractivity contribution in [3.63, 3.8) is 0 Å². The summed E-state index contributed by atoms with van der Waals surface area (Å²) >= 11 is 0. The Kier molecular flexibility index (Phi) is 9.18. The van der Waals surface area contributed by atoms with Crippen LogP contribution in [-0.2, 0) is 16.0 Å². The number of esters is 1. The van der Waals surface area contributed by atoms with Crippen molar-refractivity contribution in [2.45, 2.75) is 20.3 Å². The Morgan fingerprint density at radius 1 is 1.35 bits per heavy atom. The highest BCUT2D eigenvalue weighted by Crippen LogP contribution is 2.24. The van der Waals surface area contributed by atoms with Gasteiger partial charge in [0.25, 0.3) is 0 Å². The first-order valence-corrected chi connectivity index (χ1v) is 8.67. The number of aryl methyl sites for hydroxylation is 1. The Bertz CT molecular complexity index is 636. The van der Waals surface area contributed by atoms with Crippen molar-refractivity contribution in [3.05, 3.63) is 29.3 Å². The largest absolute Gasteiger partial charge is 0.496 e. The second-order valence-corrected chi connectivity index (χ2v) is 6.54. The minimum Gasteiger partial charge on any atom is -0.496 e. The second kappa shape index (κ2) is 10.6. The van der Waals surface area contributed by atoms with E-state index in [0.29, 0.717) is 6.54 Å². The molecule has 0 amide bonds. The summed E-state index contributed by atoms with van der Waals surface area (Å²) in [7, 11) is 4.91. The number of hydrogen-bond acceptors (Lipinski definition) is 4. The van der Waals surface area contributed by atoms with Crippen LogP contribution in [0.5, 0.6) is 5.75 Å². The molecule has 0 bridgehead atoms. The number of carbonyl (C=O) groups is 1. The summed E-state index contributed by atoms with van der Waals surface area (Å²) in [5.74, 6) is 1.77. The smallest absolute Gasteiger partial charge is 0.310 e. The first kappa shape index (κ1) is 22.5. The van der Waals surface area contributed by atoms with Crippen molar-refractivity contribution in [2.24, 2.45) is 16.8 Å². The number of nitrogens with one attached hydrogen (secondary N) is 1. The maximum Gasteiger partial charge on any atom is 0.310 e. The molecule has 1 aromatic rings. The van der Waals surface area contributed by atoms with Crippen LogP contribution < -0.4 is 10.1 Å². The van der Waals surface area contributed by atoms with Crippen LogP contribution in [0, 0.1) is 18.8 Å². The molecule has 0 radical (unpaired) electrons. The fourth-order valence-electron chi connectivity index (χ4n) is 3.27. The molecule has 6 nitrogen and oxygen atoms in total. The van der Waals surface area contributed by atoms with E-state index in [1.807, 2.05) is 6.92 Å². The molecule has 1 fully saturated rings. The maximum absolute atomic E-state index is 11.8. The molecular weight excluding hydrogens is 445 g/mol. The van der Waals surface area contributed by atoms with Crippen LogP contribution in [0.2, 0.25) is 0 Å². The minimum absolute atomic E-state index is 0. The molecule has 1 saturated heterocycles. The van der Waals surface area contributed by atoms with Crippen molar-refractivity contribution in [2.75, 3.05) is 40.9 Å². The third-order valence-electron chi connectivity index (χ3n) is 4.80. The highest BCUT2D eigenvalue weighted by Gasteiger charge is 2.36. The molecule has 2 rings (SSSR count). The highest BCUT2D eigenvalue weighted by molar-refractivity contribution is 14.0. The molecule has 2 unspecified atom stereocenters. The molecule has 0 saturated carbocycles. The molecule has 1 aromatic carbocycles. The van der Waals surface area contributed by atoms with Gasteiger partial charge in [0.2, 0.25) is 0 Å². The molecule has 1 aliphatic rings. The molecule has 26 heavy (non-hydrogen) atoms. The zero-order valence-electron chi connectivity index (χ0n) is 16.2. The van der Waals surface area contributed by atoms with E-state index >= 15 is 0 Å². The van der Waals surface area contributed by atoms with Crippen molar-refractivity contribution < 1.29 is 14.3 Å². The molecule has 0 spiro atoms. The number of ether oxygens (including phenoxy) is 2. The Balaban J connectivity index is 0.00000338. The van der Waals surface area contributed by atoms with E-state index in [1.54, 1.807) is 14.2 Å². The van der Waals surface area contributed by atoms with E-state index in [1.165, 1.54) is 12.7 Å². The topological polar surface area (TPSA) is 63.2 Å². The molecule has 7 heteroatoms. The van der Waals surface area contributed by atoms with Crippen LogP contribution in [-0.4, -0.2) is 57.7 Å². The fraction of sp³-hybridized carbons (Fsp3) is 0.579. The first-order valence-electron chi connectivity index (χ1n) is 8.67. The third-order valence-corrected chi connectivity index (χ3v) is 4.80. The highest BCUT2D eigenvalue weighted by atomic mass is 127. The molecule has 1 heterocycles. The van der Waals surface area contributed by atoms with E-state index in [9.17, 15) is 4.79 Å². The summed E-state index contributed by atoms with van der Waals surface area (Å²) < 4.78 is 10.3. The van der Waals surface area contributed by atoms with Gasteiger partial charge in [0.1, 0.15) is 5.75 Å². The van der Waals surface area contributed by atoms with E-state index in [0.717, 1.165) is 36.8 Å². The van der Waals surface area contributed by atoms with E-state index < -0.39 is 0 Å². The third kappa shape index (κ3) is 5.49. The van der Waals surface area contributed by atoms with Gasteiger partial charge >= 0.3 is 5.97 Å². The van der Waals surface area contributed by atoms with E-state index in [2.05, 4.69) is 40.3 Å². The number of guanidine groups is 1. The van der Waals surface area contributed by atoms with E-state index in [4.69, 9.17) is 9.47 Å². The number of nitrogens with zero attached hydrogens (tertiary/aromatic N) is 2. The number of halogens is 1. The minimum atomic E-state index is -0.141. The van der Waals surface area contributed by atoms with Crippen LogP contribution in [0.25, 0.3) is 0 Å². The van der Waals surface area contributed by atoms with Crippen molar-refractivity contribution in [1.29, 1.82) is 0 Å². The monoisotopic (exact) mass is 475 g/mol. The normalized spacial score (nSPS) is 19.7. The van der Waals surface area contributed by atoms with Gasteiger partial charge in [-0.25, -0.2) is 0 Å². The zero-order valence-corrected chi connectivity index (χ0v) is 18.6. The number of hydrogen-bond donors (Lipinski definition) is 1. The number of likely N-dealkylation sites (tertiary alicyclic amines) is 1. The van der Waals surface area contributed by atoms with Crippen molar-refractivity contribution in [3.8, 4) is 5.75 Å². The van der Waals surface area contributed by atoms with Crippen molar-refractivity contribution >= 4 is 35.9 Å². The van der Waals surface area contributed by atoms with Gasteiger partial charge in [0, 0.05) is 26.7 Å². The molecule has 2 atom stereocenters. The number of benzene rings is 1. The number of rotatable bonds is 5. The quantitative estimate of drug-likeness (QED) is 0.307. The molecule has 0 aliphatic carbocycles. The summed E-state index contributed by atoms with van der Waals surface area (Å²) in [6.07, 6.45) is 0.874. The van der Waals surface area contributed by atoms with Gasteiger partial charge in [-0.15, -0.1) is 24.0 Å². The summed E-state index contributed by atoms with van der Waals surface area (Å²) in [6, 6.07) is 6.27. The standard InChI is InChI=1S/C19H29N3O3.HI/c1-13-6-7-15(10-17(13)24-4)8-9-21-19(20-3)22-11-14(2)16(12-22)18(23)25-5;/h6-7,10,14,16H,8-9,11-12H2,1-5H3,(H,20,21);1H. The number of methoxy groups -OCH3 is 2. The molecule has 1 aliphatic heterocycles. The zero-order chi connectivity index (χ0) is 18.4. The first-order chi connectivity index (χ1) is 12.0. The van der Waals surface area contributed by atoms with Gasteiger partial charge in [0.05, 0.1) is 20.1 Å². The second-order valence-electron chi connectivity index (χ2n) is 6.54. The lowest BCUT2D eigenvalue weighted by Gasteiger charge is -2.21. The Hall–Kier alpha value is -1.51. The predicted molar refractivity (Wildman–Crippen MR) is 114 cm³/mol. The molecule has 146 valence electrons. The lowest BCUT2D eigenvalue weighted by molar-refractivity contribution is -0.145. The number of carbonyl (C=O) groups excluding carboxylic acids is 1. The van der Waals surface area contributed by atoms with Crippen LogP contribution in [0.15, 0.2) is 23.2 Å². The fourth-order valence-corrected chi connectivity index (χ4v) is 3.27. The van der Waals surface area contributed by atoms with Gasteiger partial charge in [0.15, 0.2) is 5.96 Å². The van der Waals surface area contributed by atoms with Gasteiger partial charge in [-0.1, -0.05) is 19.1 Å². The average Bonchev–Trinajstić information content (AvgIpc) is 3.00. The Labute approximate surface area is 173 Å². The van der Waals surface area contributed by atoms with Crippen LogP contribution in [0.3, 0.4) is 0 Å². The summed E-state index contributed by atoms with van der Waals surface area (Å²) in [5.41, 5.74) is 2.35. The number of aliphatic imine (C=N–C) groups is 1. The molecule has 1 N–H and O–H groups in total. The van der Waals surface area contributed by atoms with Crippen LogP contribution in [0.1, 0.15) is 18.1 Å².